The number of nitrogens with one attached hydrogen (secondary N) is 2. The summed E-state index contributed by atoms with van der Waals surface area (Å²) in [6.07, 6.45) is 1.79. The Kier molecular flexibility index (Phi) is 14.4. The van der Waals surface area contributed by atoms with Gasteiger partial charge >= 0.3 is 12.1 Å². The normalized spacial score (nSPS) is 13.6. The van der Waals surface area contributed by atoms with E-state index in [9.17, 15) is 19.2 Å². The summed E-state index contributed by atoms with van der Waals surface area (Å²) in [6.45, 7) is 14.7. The van der Waals surface area contributed by atoms with Gasteiger partial charge in [-0.1, -0.05) is 79.9 Å². The van der Waals surface area contributed by atoms with E-state index in [-0.39, 0.29) is 18.7 Å². The third-order valence-corrected chi connectivity index (χ3v) is 7.03. The Hall–Kier alpha value is -3.53. The summed E-state index contributed by atoms with van der Waals surface area (Å²) < 4.78 is 11.1. The SMILES string of the molecule is CCCCCN(C(=O)C(CS)NC(=O)OC(C)(C)C)C(C(=O)NC(Cc1ccccc1)C(=O)OC(C)(C)C)c1cccc(C)c1. The number of esters is 1. The van der Waals surface area contributed by atoms with Crippen molar-refractivity contribution in [3.8, 4) is 0 Å². The van der Waals surface area contributed by atoms with Crippen molar-refractivity contribution in [3.05, 3.63) is 71.3 Å². The molecule has 0 aromatic heterocycles. The lowest BCUT2D eigenvalue weighted by atomic mass is 9.99. The Balaban J connectivity index is 2.56. The number of hydrogen-bond donors (Lipinski definition) is 3. The molecule has 2 N–H and O–H groups in total. The second kappa shape index (κ2) is 17.2. The van der Waals surface area contributed by atoms with Gasteiger partial charge in [-0.15, -0.1) is 0 Å². The molecular formula is C35H51N3O6S. The number of alkyl carbamates (subject to hydrolysis) is 1. The molecule has 2 aromatic rings. The first-order valence-corrected chi connectivity index (χ1v) is 16.2. The number of hydrogen-bond acceptors (Lipinski definition) is 7. The summed E-state index contributed by atoms with van der Waals surface area (Å²) >= 11 is 4.37. The maximum atomic E-state index is 14.4. The van der Waals surface area contributed by atoms with Crippen LogP contribution in [0.1, 0.15) is 90.5 Å². The van der Waals surface area contributed by atoms with Crippen LogP contribution >= 0.6 is 12.6 Å². The van der Waals surface area contributed by atoms with Gasteiger partial charge in [0.1, 0.15) is 29.3 Å². The Bertz CT molecular complexity index is 1270. The van der Waals surface area contributed by atoms with Crippen molar-refractivity contribution in [1.29, 1.82) is 0 Å². The van der Waals surface area contributed by atoms with E-state index in [0.717, 1.165) is 24.0 Å². The minimum absolute atomic E-state index is 0.0148. The molecule has 0 saturated carbocycles. The van der Waals surface area contributed by atoms with E-state index >= 15 is 0 Å². The molecule has 0 saturated heterocycles. The second-order valence-electron chi connectivity index (χ2n) is 13.2. The first kappa shape index (κ1) is 37.7. The van der Waals surface area contributed by atoms with E-state index in [0.29, 0.717) is 12.0 Å². The predicted molar refractivity (Wildman–Crippen MR) is 180 cm³/mol. The molecule has 9 nitrogen and oxygen atoms in total. The van der Waals surface area contributed by atoms with Crippen LogP contribution in [0, 0.1) is 6.92 Å². The standard InChI is InChI=1S/C35H51N3O6S/c1-9-10-14-20-38(31(40)28(23-45)37-33(42)44-35(6,7)8)29(26-19-15-16-24(2)21-26)30(39)36-27(32(41)43-34(3,4)5)22-25-17-12-11-13-18-25/h11-13,15-19,21,27-29,45H,9-10,14,20,22-23H2,1-8H3,(H,36,39)(H,37,42). The largest absolute Gasteiger partial charge is 0.458 e. The van der Waals surface area contributed by atoms with Gasteiger partial charge in [0, 0.05) is 18.7 Å². The highest BCUT2D eigenvalue weighted by Crippen LogP contribution is 2.25. The van der Waals surface area contributed by atoms with E-state index in [1.54, 1.807) is 47.6 Å². The van der Waals surface area contributed by atoms with Gasteiger partial charge in [0.25, 0.3) is 0 Å². The highest BCUT2D eigenvalue weighted by molar-refractivity contribution is 7.80. The smallest absolute Gasteiger partial charge is 0.408 e. The van der Waals surface area contributed by atoms with Crippen molar-refractivity contribution in [2.45, 2.75) is 110 Å². The summed E-state index contributed by atoms with van der Waals surface area (Å²) in [5.74, 6) is -1.61. The first-order valence-electron chi connectivity index (χ1n) is 15.6. The van der Waals surface area contributed by atoms with Gasteiger partial charge in [0.05, 0.1) is 0 Å². The lowest BCUT2D eigenvalue weighted by Gasteiger charge is -2.35. The maximum Gasteiger partial charge on any atom is 0.408 e. The lowest BCUT2D eigenvalue weighted by molar-refractivity contribution is -0.159. The number of carbonyl (C=O) groups excluding carboxylic acids is 4. The van der Waals surface area contributed by atoms with Crippen molar-refractivity contribution >= 4 is 36.5 Å². The third-order valence-electron chi connectivity index (χ3n) is 6.67. The molecule has 0 aliphatic rings. The molecule has 0 spiro atoms. The maximum absolute atomic E-state index is 14.4. The van der Waals surface area contributed by atoms with Gasteiger partial charge < -0.3 is 25.0 Å². The van der Waals surface area contributed by atoms with Gasteiger partial charge in [-0.25, -0.2) is 9.59 Å². The molecule has 45 heavy (non-hydrogen) atoms. The molecule has 0 aliphatic carbocycles. The van der Waals surface area contributed by atoms with E-state index in [4.69, 9.17) is 9.47 Å². The zero-order valence-electron chi connectivity index (χ0n) is 28.0. The Labute approximate surface area is 274 Å². The van der Waals surface area contributed by atoms with Crippen LogP contribution in [0.2, 0.25) is 0 Å². The summed E-state index contributed by atoms with van der Waals surface area (Å²) in [5, 5.41) is 5.56. The molecule has 2 rings (SSSR count). The van der Waals surface area contributed by atoms with Crippen LogP contribution < -0.4 is 10.6 Å². The third kappa shape index (κ3) is 13.2. The van der Waals surface area contributed by atoms with Crippen molar-refractivity contribution < 1.29 is 28.7 Å². The second-order valence-corrected chi connectivity index (χ2v) is 13.6. The quantitative estimate of drug-likeness (QED) is 0.134. The molecule has 3 unspecified atom stereocenters. The molecule has 248 valence electrons. The molecule has 2 aromatic carbocycles. The summed E-state index contributed by atoms with van der Waals surface area (Å²) in [4.78, 5) is 56.2. The summed E-state index contributed by atoms with van der Waals surface area (Å²) in [7, 11) is 0. The van der Waals surface area contributed by atoms with Crippen LogP contribution in [0.15, 0.2) is 54.6 Å². The Morgan fingerprint density at radius 2 is 1.49 bits per heavy atom. The summed E-state index contributed by atoms with van der Waals surface area (Å²) in [5.41, 5.74) is 0.775. The fourth-order valence-corrected chi connectivity index (χ4v) is 4.96. The zero-order valence-corrected chi connectivity index (χ0v) is 28.9. The number of amides is 3. The first-order chi connectivity index (χ1) is 21.0. The van der Waals surface area contributed by atoms with E-state index in [1.165, 1.54) is 4.90 Å². The van der Waals surface area contributed by atoms with Crippen LogP contribution in [0.4, 0.5) is 4.79 Å². The molecule has 0 heterocycles. The summed E-state index contributed by atoms with van der Waals surface area (Å²) in [6, 6.07) is 13.5. The number of benzene rings is 2. The molecular weight excluding hydrogens is 590 g/mol. The number of carbonyl (C=O) groups is 4. The number of unbranched alkanes of at least 4 members (excludes halogenated alkanes) is 2. The average molecular weight is 642 g/mol. The minimum atomic E-state index is -1.10. The number of thiol groups is 1. The van der Waals surface area contributed by atoms with Crippen LogP contribution in [-0.2, 0) is 30.3 Å². The molecule has 0 radical (unpaired) electrons. The average Bonchev–Trinajstić information content (AvgIpc) is 2.93. The van der Waals surface area contributed by atoms with Crippen molar-refractivity contribution in [2.75, 3.05) is 12.3 Å². The van der Waals surface area contributed by atoms with Crippen LogP contribution in [-0.4, -0.2) is 64.4 Å². The number of nitrogens with zero attached hydrogens (tertiary/aromatic N) is 1. The predicted octanol–water partition coefficient (Wildman–Crippen LogP) is 5.95. The monoisotopic (exact) mass is 641 g/mol. The van der Waals surface area contributed by atoms with Crippen LogP contribution in [0.5, 0.6) is 0 Å². The highest BCUT2D eigenvalue weighted by Gasteiger charge is 2.38. The molecule has 0 aliphatic heterocycles. The highest BCUT2D eigenvalue weighted by atomic mass is 32.1. The fraction of sp³-hybridized carbons (Fsp3) is 0.543. The number of rotatable bonds is 14. The van der Waals surface area contributed by atoms with Gasteiger partial charge in [-0.3, -0.25) is 9.59 Å². The minimum Gasteiger partial charge on any atom is -0.458 e. The molecule has 3 amide bonds. The molecule has 0 fully saturated rings. The van der Waals surface area contributed by atoms with E-state index in [2.05, 4.69) is 23.3 Å². The van der Waals surface area contributed by atoms with Crippen LogP contribution in [0.25, 0.3) is 0 Å². The van der Waals surface area contributed by atoms with Gasteiger partial charge in [-0.2, -0.15) is 12.6 Å². The van der Waals surface area contributed by atoms with E-state index < -0.39 is 53.2 Å². The van der Waals surface area contributed by atoms with Gasteiger partial charge in [0.2, 0.25) is 11.8 Å². The molecule has 10 heteroatoms. The number of ether oxygens (including phenoxy) is 2. The topological polar surface area (TPSA) is 114 Å². The number of aryl methyl sites for hydroxylation is 1. The van der Waals surface area contributed by atoms with Gasteiger partial charge in [0.15, 0.2) is 0 Å². The zero-order chi connectivity index (χ0) is 33.8. The van der Waals surface area contributed by atoms with Crippen molar-refractivity contribution in [3.63, 3.8) is 0 Å². The van der Waals surface area contributed by atoms with Crippen molar-refractivity contribution in [2.24, 2.45) is 0 Å². The van der Waals surface area contributed by atoms with E-state index in [1.807, 2.05) is 62.4 Å². The van der Waals surface area contributed by atoms with Crippen molar-refractivity contribution in [1.82, 2.24) is 15.5 Å². The molecule has 0 bridgehead atoms. The Morgan fingerprint density at radius 1 is 0.844 bits per heavy atom. The Morgan fingerprint density at radius 3 is 2.04 bits per heavy atom. The van der Waals surface area contributed by atoms with Gasteiger partial charge in [-0.05, 0) is 66.0 Å². The fourth-order valence-electron chi connectivity index (χ4n) is 4.71. The lowest BCUT2D eigenvalue weighted by Crippen LogP contribution is -2.55. The molecule has 3 atom stereocenters. The van der Waals surface area contributed by atoms with Crippen LogP contribution in [0.3, 0.4) is 0 Å².